The maximum atomic E-state index is 13.1. The van der Waals surface area contributed by atoms with E-state index in [-0.39, 0.29) is 23.7 Å². The van der Waals surface area contributed by atoms with Crippen LogP contribution in [0.2, 0.25) is 0 Å². The van der Waals surface area contributed by atoms with Gasteiger partial charge in [0, 0.05) is 12.7 Å². The van der Waals surface area contributed by atoms with Crippen LogP contribution >= 0.6 is 0 Å². The Morgan fingerprint density at radius 2 is 1.81 bits per heavy atom. The van der Waals surface area contributed by atoms with Gasteiger partial charge in [0.15, 0.2) is 0 Å². The highest BCUT2D eigenvalue weighted by atomic mass is 16.2. The summed E-state index contributed by atoms with van der Waals surface area (Å²) in [4.78, 5) is 40.9. The van der Waals surface area contributed by atoms with Gasteiger partial charge >= 0.3 is 0 Å². The van der Waals surface area contributed by atoms with E-state index < -0.39 is 11.9 Å². The number of nitrogens with one attached hydrogen (secondary N) is 2. The average molecular weight is 438 g/mol. The molecule has 1 unspecified atom stereocenters. The number of hydrogen-bond acceptors (Lipinski definition) is 4. The van der Waals surface area contributed by atoms with E-state index in [1.165, 1.54) is 45.4 Å². The van der Waals surface area contributed by atoms with Crippen molar-refractivity contribution >= 4 is 23.4 Å². The van der Waals surface area contributed by atoms with Gasteiger partial charge in [0.25, 0.3) is 5.91 Å². The number of nitrogens with zero attached hydrogens (tertiary/aromatic N) is 2. The highest BCUT2D eigenvalue weighted by Gasteiger charge is 2.50. The minimum atomic E-state index is -0.745. The first-order chi connectivity index (χ1) is 15.3. The number of imidazole rings is 1. The first-order valence-electron chi connectivity index (χ1n) is 11.6. The maximum absolute atomic E-state index is 13.1. The Kier molecular flexibility index (Phi) is 5.18. The lowest BCUT2D eigenvalue weighted by molar-refractivity contribution is -0.126. The van der Waals surface area contributed by atoms with Crippen LogP contribution in [0.5, 0.6) is 0 Å². The molecule has 4 aliphatic carbocycles. The summed E-state index contributed by atoms with van der Waals surface area (Å²) >= 11 is 0. The van der Waals surface area contributed by atoms with Crippen molar-refractivity contribution in [1.29, 1.82) is 0 Å². The molecular weight excluding hydrogens is 406 g/mol. The number of carbonyl (C=O) groups excluding carboxylic acids is 3. The van der Waals surface area contributed by atoms with Gasteiger partial charge in [-0.05, 0) is 80.8 Å². The SMILES string of the molecule is CC(NC(=O)Cc1cn2c(C(=O)NCC34CC5CC(CC(C5)C3)C4)cccc2n1)C(N)=O. The van der Waals surface area contributed by atoms with Gasteiger partial charge in [0.1, 0.15) is 17.4 Å². The topological polar surface area (TPSA) is 119 Å². The number of pyridine rings is 1. The number of rotatable bonds is 7. The molecule has 6 rings (SSSR count). The van der Waals surface area contributed by atoms with Gasteiger partial charge in [0.2, 0.25) is 11.8 Å². The molecule has 2 aromatic heterocycles. The Hall–Kier alpha value is -2.90. The summed E-state index contributed by atoms with van der Waals surface area (Å²) in [5.74, 6) is 1.50. The van der Waals surface area contributed by atoms with E-state index in [9.17, 15) is 14.4 Å². The van der Waals surface area contributed by atoms with E-state index >= 15 is 0 Å². The standard InChI is InChI=1S/C24H31N5O3/c1-14(22(25)31)27-21(30)8-18-12-29-19(3-2-4-20(29)28-18)23(32)26-13-24-9-15-5-16(10-24)7-17(6-15)11-24/h2-4,12,14-17H,5-11,13H2,1H3,(H2,25,31)(H,26,32)(H,27,30). The van der Waals surface area contributed by atoms with Crippen molar-refractivity contribution in [3.63, 3.8) is 0 Å². The molecule has 0 saturated heterocycles. The molecule has 2 heterocycles. The van der Waals surface area contributed by atoms with Crippen molar-refractivity contribution in [3.05, 3.63) is 35.8 Å². The molecule has 0 aromatic carbocycles. The van der Waals surface area contributed by atoms with Crippen molar-refractivity contribution in [1.82, 2.24) is 20.0 Å². The van der Waals surface area contributed by atoms with E-state index in [0.29, 0.717) is 17.0 Å². The molecule has 4 bridgehead atoms. The summed E-state index contributed by atoms with van der Waals surface area (Å²) in [5.41, 5.74) is 7.12. The second-order valence-corrected chi connectivity index (χ2v) is 10.3. The maximum Gasteiger partial charge on any atom is 0.268 e. The summed E-state index contributed by atoms with van der Waals surface area (Å²) in [6.45, 7) is 2.27. The molecule has 1 atom stereocenters. The highest BCUT2D eigenvalue weighted by molar-refractivity contribution is 5.93. The molecule has 170 valence electrons. The minimum Gasteiger partial charge on any atom is -0.368 e. The smallest absolute Gasteiger partial charge is 0.268 e. The zero-order valence-corrected chi connectivity index (χ0v) is 18.5. The van der Waals surface area contributed by atoms with Crippen LogP contribution in [-0.2, 0) is 16.0 Å². The molecule has 4 saturated carbocycles. The number of aromatic nitrogens is 2. The highest BCUT2D eigenvalue weighted by Crippen LogP contribution is 2.59. The molecule has 3 amide bonds. The van der Waals surface area contributed by atoms with Crippen LogP contribution in [0.1, 0.15) is 61.6 Å². The van der Waals surface area contributed by atoms with Gasteiger partial charge in [-0.2, -0.15) is 0 Å². The van der Waals surface area contributed by atoms with Crippen LogP contribution in [0.3, 0.4) is 0 Å². The fourth-order valence-corrected chi connectivity index (χ4v) is 6.72. The first-order valence-corrected chi connectivity index (χ1v) is 11.6. The molecule has 32 heavy (non-hydrogen) atoms. The van der Waals surface area contributed by atoms with E-state index in [1.54, 1.807) is 22.7 Å². The van der Waals surface area contributed by atoms with E-state index in [2.05, 4.69) is 15.6 Å². The van der Waals surface area contributed by atoms with E-state index in [0.717, 1.165) is 24.3 Å². The number of nitrogens with two attached hydrogens (primary N) is 1. The lowest BCUT2D eigenvalue weighted by Crippen LogP contribution is -2.51. The Morgan fingerprint density at radius 1 is 1.16 bits per heavy atom. The number of primary amides is 1. The quantitative estimate of drug-likeness (QED) is 0.612. The van der Waals surface area contributed by atoms with Gasteiger partial charge in [-0.15, -0.1) is 0 Å². The molecule has 4 fully saturated rings. The van der Waals surface area contributed by atoms with Crippen molar-refractivity contribution in [2.45, 2.75) is 57.9 Å². The molecule has 0 radical (unpaired) electrons. The lowest BCUT2D eigenvalue weighted by Gasteiger charge is -2.56. The predicted octanol–water partition coefficient (Wildman–Crippen LogP) is 1.81. The predicted molar refractivity (Wildman–Crippen MR) is 119 cm³/mol. The average Bonchev–Trinajstić information content (AvgIpc) is 3.13. The Balaban J connectivity index is 1.27. The lowest BCUT2D eigenvalue weighted by atomic mass is 9.49. The zero-order valence-electron chi connectivity index (χ0n) is 18.5. The molecule has 4 N–H and O–H groups in total. The monoisotopic (exact) mass is 437 g/mol. The van der Waals surface area contributed by atoms with E-state index in [4.69, 9.17) is 5.73 Å². The van der Waals surface area contributed by atoms with Crippen LogP contribution in [0.15, 0.2) is 24.4 Å². The van der Waals surface area contributed by atoms with Crippen molar-refractivity contribution in [3.8, 4) is 0 Å². The second kappa shape index (κ2) is 7.90. The van der Waals surface area contributed by atoms with Gasteiger partial charge < -0.3 is 16.4 Å². The fourth-order valence-electron chi connectivity index (χ4n) is 6.72. The van der Waals surface area contributed by atoms with Crippen LogP contribution in [0.4, 0.5) is 0 Å². The summed E-state index contributed by atoms with van der Waals surface area (Å²) in [7, 11) is 0. The summed E-state index contributed by atoms with van der Waals surface area (Å²) < 4.78 is 1.73. The largest absolute Gasteiger partial charge is 0.368 e. The Labute approximate surface area is 187 Å². The van der Waals surface area contributed by atoms with Gasteiger partial charge in [-0.25, -0.2) is 4.98 Å². The third-order valence-corrected chi connectivity index (χ3v) is 7.71. The Morgan fingerprint density at radius 3 is 2.44 bits per heavy atom. The number of fused-ring (bicyclic) bond motifs is 1. The second-order valence-electron chi connectivity index (χ2n) is 10.3. The third kappa shape index (κ3) is 3.98. The molecule has 0 spiro atoms. The van der Waals surface area contributed by atoms with Crippen molar-refractivity contribution in [2.75, 3.05) is 6.54 Å². The fraction of sp³-hybridized carbons (Fsp3) is 0.583. The molecular formula is C24H31N5O3. The van der Waals surface area contributed by atoms with Gasteiger partial charge in [0.05, 0.1) is 12.1 Å². The summed E-state index contributed by atoms with van der Waals surface area (Å²) in [6.07, 6.45) is 9.62. The normalized spacial score (nSPS) is 29.1. The molecule has 2 aromatic rings. The summed E-state index contributed by atoms with van der Waals surface area (Å²) in [5, 5.41) is 5.77. The zero-order chi connectivity index (χ0) is 22.5. The van der Waals surface area contributed by atoms with Crippen LogP contribution in [-0.4, -0.2) is 39.7 Å². The Bertz CT molecular complexity index is 1040. The molecule has 8 nitrogen and oxygen atoms in total. The van der Waals surface area contributed by atoms with Gasteiger partial charge in [-0.3, -0.25) is 18.8 Å². The van der Waals surface area contributed by atoms with Crippen molar-refractivity contribution in [2.24, 2.45) is 28.9 Å². The number of hydrogen-bond donors (Lipinski definition) is 3. The van der Waals surface area contributed by atoms with Crippen LogP contribution in [0.25, 0.3) is 5.65 Å². The van der Waals surface area contributed by atoms with Gasteiger partial charge in [-0.1, -0.05) is 6.07 Å². The van der Waals surface area contributed by atoms with E-state index in [1.807, 2.05) is 6.07 Å². The van der Waals surface area contributed by atoms with Crippen LogP contribution in [0, 0.1) is 23.2 Å². The number of amides is 3. The van der Waals surface area contributed by atoms with Crippen molar-refractivity contribution < 1.29 is 14.4 Å². The third-order valence-electron chi connectivity index (χ3n) is 7.71. The number of carbonyl (C=O) groups is 3. The minimum absolute atomic E-state index is 0.00757. The summed E-state index contributed by atoms with van der Waals surface area (Å²) in [6, 6.07) is 4.65. The molecule has 0 aliphatic heterocycles. The molecule has 4 aliphatic rings. The molecule has 8 heteroatoms. The van der Waals surface area contributed by atoms with Crippen LogP contribution < -0.4 is 16.4 Å². The first kappa shape index (κ1) is 21.0.